The minimum Gasteiger partial charge on any atom is -0.387 e. The molecule has 0 unspecified atom stereocenters. The predicted octanol–water partition coefficient (Wildman–Crippen LogP) is 2.52. The van der Waals surface area contributed by atoms with Gasteiger partial charge < -0.3 is 20.3 Å². The van der Waals surface area contributed by atoms with Gasteiger partial charge in [-0.05, 0) is 18.2 Å². The number of alkyl halides is 3. The number of nitrogens with one attached hydrogen (secondary N) is 1. The normalized spacial score (nSPS) is 24.1. The van der Waals surface area contributed by atoms with Gasteiger partial charge in [-0.1, -0.05) is 11.6 Å². The molecule has 0 spiro atoms. The Labute approximate surface area is 176 Å². The molecule has 0 amide bonds. The van der Waals surface area contributed by atoms with Crippen LogP contribution in [0.2, 0.25) is 5.02 Å². The number of anilines is 2. The van der Waals surface area contributed by atoms with Crippen molar-refractivity contribution >= 4 is 34.3 Å². The molecule has 1 aliphatic rings. The van der Waals surface area contributed by atoms with Crippen molar-refractivity contribution in [3.05, 3.63) is 41.7 Å². The number of nitrogens with zero attached hydrogens (tertiary/aromatic N) is 4. The maximum Gasteiger partial charge on any atom is 0.522 e. The molecule has 1 aliphatic heterocycles. The van der Waals surface area contributed by atoms with Gasteiger partial charge in [0.15, 0.2) is 23.2 Å². The smallest absolute Gasteiger partial charge is 0.387 e. The highest BCUT2D eigenvalue weighted by Crippen LogP contribution is 2.34. The molecule has 1 saturated heterocycles. The standard InChI is InChI=1S/C17H14ClF4N5O4/c18-8-3-7(19)1-2-9(8)26-14-11-15(24-5-23-14)27(6-25-11)16-13(29)12(28)10(31-16)4-30-17(20,21)22/h1-3,5-6,10,12-13,16,28-29H,4H2,(H,23,24,26)/t10-,12-,13-,16-/m1/s1. The highest BCUT2D eigenvalue weighted by molar-refractivity contribution is 6.33. The maximum absolute atomic E-state index is 13.3. The first-order valence-corrected chi connectivity index (χ1v) is 9.14. The fraction of sp³-hybridized carbons (Fsp3) is 0.353. The zero-order valence-electron chi connectivity index (χ0n) is 15.3. The van der Waals surface area contributed by atoms with E-state index in [4.69, 9.17) is 16.3 Å². The molecule has 2 aromatic heterocycles. The number of aliphatic hydroxyl groups is 2. The van der Waals surface area contributed by atoms with E-state index in [1.54, 1.807) is 0 Å². The summed E-state index contributed by atoms with van der Waals surface area (Å²) in [6, 6.07) is 3.70. The van der Waals surface area contributed by atoms with E-state index in [1.165, 1.54) is 29.4 Å². The third kappa shape index (κ3) is 4.41. The number of aliphatic hydroxyl groups excluding tert-OH is 2. The Bertz CT molecular complexity index is 1100. The summed E-state index contributed by atoms with van der Waals surface area (Å²) in [6.45, 7) is -1.00. The van der Waals surface area contributed by atoms with Crippen LogP contribution in [-0.2, 0) is 9.47 Å². The third-order valence-corrected chi connectivity index (χ3v) is 4.88. The van der Waals surface area contributed by atoms with E-state index in [0.29, 0.717) is 5.69 Å². The molecule has 9 nitrogen and oxygen atoms in total. The minimum atomic E-state index is -4.91. The second kappa shape index (κ2) is 8.16. The van der Waals surface area contributed by atoms with Gasteiger partial charge in [0.2, 0.25) is 0 Å². The number of fused-ring (bicyclic) bond motifs is 1. The maximum atomic E-state index is 13.3. The molecule has 0 bridgehead atoms. The van der Waals surface area contributed by atoms with Crippen LogP contribution in [-0.4, -0.2) is 61.0 Å². The summed E-state index contributed by atoms with van der Waals surface area (Å²) < 4.78 is 60.5. The lowest BCUT2D eigenvalue weighted by molar-refractivity contribution is -0.333. The van der Waals surface area contributed by atoms with Crippen molar-refractivity contribution in [2.45, 2.75) is 30.9 Å². The molecule has 31 heavy (non-hydrogen) atoms. The van der Waals surface area contributed by atoms with Crippen molar-refractivity contribution in [2.24, 2.45) is 0 Å². The Balaban J connectivity index is 1.60. The van der Waals surface area contributed by atoms with Crippen molar-refractivity contribution in [1.82, 2.24) is 19.5 Å². The largest absolute Gasteiger partial charge is 0.522 e. The fourth-order valence-electron chi connectivity index (χ4n) is 3.12. The fourth-order valence-corrected chi connectivity index (χ4v) is 3.34. The molecule has 4 atom stereocenters. The lowest BCUT2D eigenvalue weighted by Gasteiger charge is -2.17. The molecule has 3 N–H and O–H groups in total. The second-order valence-corrected chi connectivity index (χ2v) is 7.01. The Hall–Kier alpha value is -2.58. The SMILES string of the molecule is O[C@@H]1[C@H](O)[C@@H](COC(F)(F)F)O[C@H]1n1cnc2c(Nc3ccc(F)cc3Cl)ncnc21. The van der Waals surface area contributed by atoms with Crippen molar-refractivity contribution in [3.63, 3.8) is 0 Å². The molecule has 0 radical (unpaired) electrons. The van der Waals surface area contributed by atoms with E-state index in [2.05, 4.69) is 25.0 Å². The molecule has 3 aromatic rings. The zero-order chi connectivity index (χ0) is 22.3. The molecule has 1 aromatic carbocycles. The Kier molecular flexibility index (Phi) is 5.70. The average Bonchev–Trinajstić information content (AvgIpc) is 3.24. The van der Waals surface area contributed by atoms with Crippen LogP contribution in [0.1, 0.15) is 6.23 Å². The summed E-state index contributed by atoms with van der Waals surface area (Å²) in [5.74, 6) is -0.329. The first kappa shape index (κ1) is 21.6. The van der Waals surface area contributed by atoms with E-state index in [0.717, 1.165) is 6.07 Å². The highest BCUT2D eigenvalue weighted by Gasteiger charge is 2.46. The zero-order valence-corrected chi connectivity index (χ0v) is 16.0. The van der Waals surface area contributed by atoms with Crippen molar-refractivity contribution in [2.75, 3.05) is 11.9 Å². The van der Waals surface area contributed by atoms with Crippen LogP contribution in [0, 0.1) is 5.82 Å². The quantitative estimate of drug-likeness (QED) is 0.495. The molecule has 4 rings (SSSR count). The molecule has 0 saturated carbocycles. The lowest BCUT2D eigenvalue weighted by atomic mass is 10.1. The van der Waals surface area contributed by atoms with Gasteiger partial charge in [0.05, 0.1) is 23.6 Å². The molecule has 3 heterocycles. The monoisotopic (exact) mass is 463 g/mol. The Morgan fingerprint density at radius 2 is 1.97 bits per heavy atom. The summed E-state index contributed by atoms with van der Waals surface area (Å²) in [5.41, 5.74) is 0.710. The van der Waals surface area contributed by atoms with Crippen molar-refractivity contribution < 1.29 is 37.2 Å². The van der Waals surface area contributed by atoms with Crippen LogP contribution in [0.4, 0.5) is 29.1 Å². The van der Waals surface area contributed by atoms with Gasteiger partial charge in [-0.25, -0.2) is 19.3 Å². The van der Waals surface area contributed by atoms with Gasteiger partial charge >= 0.3 is 6.36 Å². The summed E-state index contributed by atoms with van der Waals surface area (Å²) in [6.07, 6.45) is -8.44. The summed E-state index contributed by atoms with van der Waals surface area (Å²) >= 11 is 6.01. The van der Waals surface area contributed by atoms with Crippen molar-refractivity contribution in [3.8, 4) is 0 Å². The third-order valence-electron chi connectivity index (χ3n) is 4.57. The minimum absolute atomic E-state index is 0.0939. The average molecular weight is 464 g/mol. The van der Waals surface area contributed by atoms with Gasteiger partial charge in [-0.3, -0.25) is 9.30 Å². The van der Waals surface area contributed by atoms with Crippen LogP contribution in [0.25, 0.3) is 11.2 Å². The Morgan fingerprint density at radius 1 is 1.19 bits per heavy atom. The predicted molar refractivity (Wildman–Crippen MR) is 97.9 cm³/mol. The number of imidazole rings is 1. The van der Waals surface area contributed by atoms with Crippen LogP contribution in [0.15, 0.2) is 30.9 Å². The number of hydrogen-bond acceptors (Lipinski definition) is 8. The molecule has 1 fully saturated rings. The topological polar surface area (TPSA) is 115 Å². The van der Waals surface area contributed by atoms with E-state index in [9.17, 15) is 27.8 Å². The molecular weight excluding hydrogens is 450 g/mol. The van der Waals surface area contributed by atoms with E-state index in [1.807, 2.05) is 0 Å². The number of rotatable bonds is 5. The van der Waals surface area contributed by atoms with E-state index in [-0.39, 0.29) is 22.0 Å². The van der Waals surface area contributed by atoms with Gasteiger partial charge in [0.1, 0.15) is 30.5 Å². The van der Waals surface area contributed by atoms with Gasteiger partial charge in [0.25, 0.3) is 0 Å². The van der Waals surface area contributed by atoms with Crippen LogP contribution in [0.5, 0.6) is 0 Å². The van der Waals surface area contributed by atoms with Crippen LogP contribution in [0.3, 0.4) is 0 Å². The summed E-state index contributed by atoms with van der Waals surface area (Å²) in [7, 11) is 0. The number of ether oxygens (including phenoxy) is 2. The molecular formula is C17H14ClF4N5O4. The van der Waals surface area contributed by atoms with Crippen LogP contribution >= 0.6 is 11.6 Å². The van der Waals surface area contributed by atoms with Crippen molar-refractivity contribution in [1.29, 1.82) is 0 Å². The number of hydrogen-bond donors (Lipinski definition) is 3. The number of aromatic nitrogens is 4. The van der Waals surface area contributed by atoms with E-state index < -0.39 is 43.3 Å². The summed E-state index contributed by atoms with van der Waals surface area (Å²) in [4.78, 5) is 12.3. The van der Waals surface area contributed by atoms with Gasteiger partial charge in [-0.15, -0.1) is 13.2 Å². The molecule has 0 aliphatic carbocycles. The second-order valence-electron chi connectivity index (χ2n) is 6.60. The summed E-state index contributed by atoms with van der Waals surface area (Å²) in [5, 5.41) is 23.3. The molecule has 14 heteroatoms. The Morgan fingerprint density at radius 3 is 2.68 bits per heavy atom. The number of halogens is 5. The highest BCUT2D eigenvalue weighted by atomic mass is 35.5. The lowest BCUT2D eigenvalue weighted by Crippen LogP contribution is -2.35. The first-order chi connectivity index (χ1) is 14.6. The van der Waals surface area contributed by atoms with Gasteiger partial charge in [-0.2, -0.15) is 0 Å². The molecule has 166 valence electrons. The van der Waals surface area contributed by atoms with E-state index >= 15 is 0 Å². The first-order valence-electron chi connectivity index (χ1n) is 8.76. The van der Waals surface area contributed by atoms with Crippen LogP contribution < -0.4 is 5.32 Å². The number of benzene rings is 1. The van der Waals surface area contributed by atoms with Gasteiger partial charge in [0, 0.05) is 0 Å².